The van der Waals surface area contributed by atoms with E-state index in [9.17, 15) is 4.79 Å². The van der Waals surface area contributed by atoms with Gasteiger partial charge in [-0.3, -0.25) is 14.6 Å². The van der Waals surface area contributed by atoms with Gasteiger partial charge in [0.25, 0.3) is 0 Å². The molecule has 2 bridgehead atoms. The average Bonchev–Trinajstić information content (AvgIpc) is 3.07. The van der Waals surface area contributed by atoms with Crippen LogP contribution in [0, 0.1) is 11.8 Å². The van der Waals surface area contributed by atoms with Crippen molar-refractivity contribution in [3.63, 3.8) is 0 Å². The molecule has 7 heteroatoms. The number of benzene rings is 1. The predicted molar refractivity (Wildman–Crippen MR) is 117 cm³/mol. The van der Waals surface area contributed by atoms with Crippen LogP contribution in [0.4, 0.5) is 5.69 Å². The smallest absolute Gasteiger partial charge is 0.230 e. The van der Waals surface area contributed by atoms with Crippen LogP contribution in [0.1, 0.15) is 18.4 Å². The zero-order valence-electron chi connectivity index (χ0n) is 15.1. The van der Waals surface area contributed by atoms with Gasteiger partial charge in [-0.05, 0) is 24.6 Å². The Labute approximate surface area is 189 Å². The number of anilines is 1. The highest BCUT2D eigenvalue weighted by molar-refractivity contribution is 9.25. The number of carbonyl (C=O) groups is 1. The van der Waals surface area contributed by atoms with Gasteiger partial charge >= 0.3 is 0 Å². The molecule has 1 aromatic rings. The first-order valence-electron chi connectivity index (χ1n) is 9.96. The second kappa shape index (κ2) is 5.16. The fraction of sp³-hybridized carbons (Fsp3) is 0.571. The first kappa shape index (κ1) is 17.5. The molecular formula is C21H19Br3N2O2. The van der Waals surface area contributed by atoms with Crippen LogP contribution in [-0.2, 0) is 14.9 Å². The summed E-state index contributed by atoms with van der Waals surface area (Å²) < 4.78 is 5.64. The lowest BCUT2D eigenvalue weighted by atomic mass is 9.53. The van der Waals surface area contributed by atoms with E-state index in [0.717, 1.165) is 25.2 Å². The van der Waals surface area contributed by atoms with Gasteiger partial charge in [-0.25, -0.2) is 0 Å². The Morgan fingerprint density at radius 3 is 2.86 bits per heavy atom. The first-order valence-corrected chi connectivity index (χ1v) is 12.3. The molecule has 6 atom stereocenters. The second-order valence-electron chi connectivity index (χ2n) is 9.05. The number of hydrogen-bond acceptors (Lipinski definition) is 3. The summed E-state index contributed by atoms with van der Waals surface area (Å²) in [5.74, 6) is 0.637. The van der Waals surface area contributed by atoms with E-state index in [0.29, 0.717) is 13.0 Å². The summed E-state index contributed by atoms with van der Waals surface area (Å²) >= 11 is 12.7. The number of hydrogen-bond donors (Lipinski definition) is 0. The molecule has 7 rings (SSSR count). The standard InChI is InChI=1S/C21H19Br3N2O2/c22-20(23)16-11-5-8-28-14-9-15(27)26-13-4-2-1-3-12(13)19(21(26,24)17(14)16)6-7-25(10-11)18(19)20/h1-5,14,16-18H,6-10H2/t14?,16-,17-,18-,19+,21?/m0/s1. The monoisotopic (exact) mass is 568 g/mol. The van der Waals surface area contributed by atoms with Crippen molar-refractivity contribution in [2.75, 3.05) is 24.6 Å². The molecule has 1 amide bonds. The zero-order chi connectivity index (χ0) is 19.1. The van der Waals surface area contributed by atoms with Gasteiger partial charge in [-0.15, -0.1) is 0 Å². The fourth-order valence-electron chi connectivity index (χ4n) is 7.59. The van der Waals surface area contributed by atoms with Crippen molar-refractivity contribution in [1.29, 1.82) is 0 Å². The Morgan fingerprint density at radius 2 is 2.00 bits per heavy atom. The molecule has 146 valence electrons. The molecule has 28 heavy (non-hydrogen) atoms. The van der Waals surface area contributed by atoms with E-state index in [2.05, 4.69) is 87.9 Å². The summed E-state index contributed by atoms with van der Waals surface area (Å²) in [4.78, 5) is 18.2. The number of halogens is 3. The lowest BCUT2D eigenvalue weighted by molar-refractivity contribution is -0.134. The Bertz CT molecular complexity index is 980. The van der Waals surface area contributed by atoms with Crippen molar-refractivity contribution in [3.8, 4) is 0 Å². The van der Waals surface area contributed by atoms with Crippen LogP contribution in [0.5, 0.6) is 0 Å². The maximum Gasteiger partial charge on any atom is 0.230 e. The number of piperidine rings is 2. The third-order valence-corrected chi connectivity index (χ3v) is 11.7. The van der Waals surface area contributed by atoms with E-state index < -0.39 is 4.45 Å². The zero-order valence-corrected chi connectivity index (χ0v) is 19.8. The van der Waals surface area contributed by atoms with E-state index in [1.54, 1.807) is 0 Å². The van der Waals surface area contributed by atoms with Crippen molar-refractivity contribution in [2.24, 2.45) is 11.8 Å². The molecule has 1 aliphatic carbocycles. The number of fused-ring (bicyclic) bond motifs is 2. The van der Waals surface area contributed by atoms with Gasteiger partial charge in [0, 0.05) is 30.1 Å². The van der Waals surface area contributed by atoms with Crippen LogP contribution < -0.4 is 4.90 Å². The summed E-state index contributed by atoms with van der Waals surface area (Å²) in [6.45, 7) is 2.63. The van der Waals surface area contributed by atoms with Crippen molar-refractivity contribution in [3.05, 3.63) is 41.5 Å². The Morgan fingerprint density at radius 1 is 1.18 bits per heavy atom. The minimum absolute atomic E-state index is 0.0735. The molecule has 4 nitrogen and oxygen atoms in total. The molecule has 1 saturated carbocycles. The lowest BCUT2D eigenvalue weighted by Crippen LogP contribution is -2.79. The number of ether oxygens (including phenoxy) is 1. The fourth-order valence-corrected chi connectivity index (χ4v) is 11.7. The molecule has 5 heterocycles. The lowest BCUT2D eigenvalue weighted by Gasteiger charge is -2.67. The maximum atomic E-state index is 13.5. The van der Waals surface area contributed by atoms with Crippen LogP contribution in [0.25, 0.3) is 0 Å². The van der Waals surface area contributed by atoms with E-state index in [-0.39, 0.29) is 38.5 Å². The molecule has 4 fully saturated rings. The quantitative estimate of drug-likeness (QED) is 0.269. The molecule has 2 unspecified atom stereocenters. The van der Waals surface area contributed by atoms with E-state index in [1.165, 1.54) is 11.1 Å². The first-order chi connectivity index (χ1) is 13.4. The van der Waals surface area contributed by atoms with Crippen molar-refractivity contribution >= 4 is 59.4 Å². The Hall–Kier alpha value is -0.210. The highest BCUT2D eigenvalue weighted by atomic mass is 79.9. The van der Waals surface area contributed by atoms with Gasteiger partial charge in [0.1, 0.15) is 7.68 Å². The molecule has 5 aliphatic heterocycles. The number of para-hydroxylation sites is 1. The van der Waals surface area contributed by atoms with Gasteiger partial charge in [0.05, 0.1) is 24.5 Å². The van der Waals surface area contributed by atoms with Crippen LogP contribution in [0.2, 0.25) is 0 Å². The van der Waals surface area contributed by atoms with Gasteiger partial charge < -0.3 is 4.74 Å². The number of alkyl halides is 3. The summed E-state index contributed by atoms with van der Waals surface area (Å²) in [5.41, 5.74) is 3.66. The minimum Gasteiger partial charge on any atom is -0.373 e. The number of amides is 1. The third-order valence-electron chi connectivity index (χ3n) is 8.25. The summed E-state index contributed by atoms with van der Waals surface area (Å²) in [7, 11) is 0. The van der Waals surface area contributed by atoms with Crippen molar-refractivity contribution in [2.45, 2.75) is 38.1 Å². The van der Waals surface area contributed by atoms with Crippen LogP contribution in [0.3, 0.4) is 0 Å². The molecule has 0 radical (unpaired) electrons. The van der Waals surface area contributed by atoms with E-state index >= 15 is 0 Å². The van der Waals surface area contributed by atoms with E-state index in [1.807, 2.05) is 0 Å². The topological polar surface area (TPSA) is 32.8 Å². The Balaban J connectivity index is 1.63. The van der Waals surface area contributed by atoms with Gasteiger partial charge in [-0.2, -0.15) is 0 Å². The molecule has 0 aromatic heterocycles. The van der Waals surface area contributed by atoms with Crippen LogP contribution in [-0.4, -0.2) is 50.3 Å². The Kier molecular flexibility index (Phi) is 3.22. The largest absolute Gasteiger partial charge is 0.373 e. The van der Waals surface area contributed by atoms with Gasteiger partial charge in [0.2, 0.25) is 5.91 Å². The van der Waals surface area contributed by atoms with Gasteiger partial charge in [0.15, 0.2) is 0 Å². The molecule has 1 spiro atoms. The molecule has 6 aliphatic rings. The molecule has 0 N–H and O–H groups in total. The highest BCUT2D eigenvalue weighted by Gasteiger charge is 2.82. The SMILES string of the molecule is O=C1CC2OCC=C3CN4CC[C@]56c7ccccc7N1C5(Br)[C@@H]2[C@H]3C(Br)(Br)[C@@H]46. The van der Waals surface area contributed by atoms with Gasteiger partial charge in [-0.1, -0.05) is 77.6 Å². The number of nitrogens with zero attached hydrogens (tertiary/aromatic N) is 2. The molecular weight excluding hydrogens is 552 g/mol. The van der Waals surface area contributed by atoms with E-state index in [4.69, 9.17) is 4.74 Å². The normalized spacial score (nSPS) is 46.9. The van der Waals surface area contributed by atoms with Crippen molar-refractivity contribution in [1.82, 2.24) is 4.90 Å². The maximum absolute atomic E-state index is 13.5. The van der Waals surface area contributed by atoms with Crippen LogP contribution in [0.15, 0.2) is 35.9 Å². The average molecular weight is 571 g/mol. The van der Waals surface area contributed by atoms with Crippen LogP contribution >= 0.6 is 47.8 Å². The second-order valence-corrected chi connectivity index (χ2v) is 13.9. The minimum atomic E-state index is -0.456. The molecule has 3 saturated heterocycles. The summed E-state index contributed by atoms with van der Waals surface area (Å²) in [6, 6.07) is 8.83. The highest BCUT2D eigenvalue weighted by Crippen LogP contribution is 2.76. The number of rotatable bonds is 0. The summed E-state index contributed by atoms with van der Waals surface area (Å²) in [5, 5.41) is 0. The summed E-state index contributed by atoms with van der Waals surface area (Å²) in [6.07, 6.45) is 3.68. The van der Waals surface area contributed by atoms with Crippen molar-refractivity contribution < 1.29 is 9.53 Å². The number of carbonyl (C=O) groups excluding carboxylic acids is 1. The molecule has 1 aromatic carbocycles. The predicted octanol–water partition coefficient (Wildman–Crippen LogP) is 3.91. The third kappa shape index (κ3) is 1.59.